The Hall–Kier alpha value is -3.08. The lowest BCUT2D eigenvalue weighted by molar-refractivity contribution is -0.137. The van der Waals surface area contributed by atoms with Crippen LogP contribution in [0.4, 0.5) is 30.4 Å². The summed E-state index contributed by atoms with van der Waals surface area (Å²) >= 11 is 0. The second kappa shape index (κ2) is 10.0. The zero-order valence-electron chi connectivity index (χ0n) is 18.0. The molecule has 2 heterocycles. The van der Waals surface area contributed by atoms with E-state index in [-0.39, 0.29) is 24.6 Å². The molecule has 0 radical (unpaired) electrons. The second-order valence-electron chi connectivity index (χ2n) is 7.87. The average molecular weight is 453 g/mol. The van der Waals surface area contributed by atoms with Crippen LogP contribution in [0.3, 0.4) is 0 Å². The number of nitrogens with one attached hydrogen (secondary N) is 2. The van der Waals surface area contributed by atoms with E-state index in [1.54, 1.807) is 20.0 Å². The molecule has 1 fully saturated rings. The number of carbonyl (C=O) groups excluding carboxylic acids is 2. The molecule has 0 spiro atoms. The summed E-state index contributed by atoms with van der Waals surface area (Å²) in [5.74, 6) is -0.115. The Morgan fingerprint density at radius 3 is 2.34 bits per heavy atom. The first-order valence-electron chi connectivity index (χ1n) is 10.3. The molecule has 0 atom stereocenters. The molecule has 3 rings (SSSR count). The monoisotopic (exact) mass is 453 g/mol. The zero-order chi connectivity index (χ0) is 23.3. The summed E-state index contributed by atoms with van der Waals surface area (Å²) in [6.07, 6.45) is -1.57. The van der Waals surface area contributed by atoms with Gasteiger partial charge in [-0.25, -0.2) is 0 Å². The van der Waals surface area contributed by atoms with Gasteiger partial charge in [0.15, 0.2) is 5.82 Å². The number of carbonyl (C=O) groups is 2. The van der Waals surface area contributed by atoms with Gasteiger partial charge in [0.25, 0.3) is 0 Å². The number of hydrogen-bond acceptors (Lipinski definition) is 6. The fourth-order valence-electron chi connectivity index (χ4n) is 3.57. The van der Waals surface area contributed by atoms with E-state index in [1.165, 1.54) is 11.0 Å². The van der Waals surface area contributed by atoms with Crippen LogP contribution in [-0.4, -0.2) is 55.1 Å². The molecule has 0 aliphatic carbocycles. The smallest absolute Gasteiger partial charge is 0.370 e. The van der Waals surface area contributed by atoms with Gasteiger partial charge in [0.2, 0.25) is 11.8 Å². The van der Waals surface area contributed by atoms with Crippen molar-refractivity contribution < 1.29 is 27.3 Å². The second-order valence-corrected chi connectivity index (χ2v) is 7.87. The van der Waals surface area contributed by atoms with Crippen LogP contribution in [0.15, 0.2) is 28.8 Å². The van der Waals surface area contributed by atoms with Crippen molar-refractivity contribution in [3.05, 3.63) is 35.6 Å². The number of nitrogens with zero attached hydrogens (tertiary/aromatic N) is 3. The van der Waals surface area contributed by atoms with Crippen molar-refractivity contribution in [2.75, 3.05) is 48.8 Å². The first kappa shape index (κ1) is 23.6. The van der Waals surface area contributed by atoms with E-state index in [4.69, 9.17) is 4.52 Å². The molecule has 1 aromatic carbocycles. The zero-order valence-corrected chi connectivity index (χ0v) is 18.0. The van der Waals surface area contributed by atoms with Crippen LogP contribution in [0, 0.1) is 6.92 Å². The molecule has 2 aromatic rings. The van der Waals surface area contributed by atoms with Crippen molar-refractivity contribution in [1.29, 1.82) is 0 Å². The number of aromatic nitrogens is 1. The van der Waals surface area contributed by atoms with Gasteiger partial charge in [-0.3, -0.25) is 14.5 Å². The number of amides is 2. The lowest BCUT2D eigenvalue weighted by Crippen LogP contribution is -2.36. The third kappa shape index (κ3) is 6.46. The molecule has 2 N–H and O–H groups in total. The highest BCUT2D eigenvalue weighted by Crippen LogP contribution is 2.36. The third-order valence-corrected chi connectivity index (χ3v) is 5.02. The molecule has 0 unspecified atom stereocenters. The fourth-order valence-corrected chi connectivity index (χ4v) is 3.57. The molecule has 11 heteroatoms. The van der Waals surface area contributed by atoms with Crippen LogP contribution >= 0.6 is 0 Å². The summed E-state index contributed by atoms with van der Waals surface area (Å²) in [7, 11) is 1.56. The quantitative estimate of drug-likeness (QED) is 0.667. The Morgan fingerprint density at radius 1 is 1.09 bits per heavy atom. The number of alkyl halides is 3. The molecule has 0 bridgehead atoms. The Kier molecular flexibility index (Phi) is 7.39. The van der Waals surface area contributed by atoms with E-state index < -0.39 is 23.6 Å². The summed E-state index contributed by atoms with van der Waals surface area (Å²) in [4.78, 5) is 28.1. The molecular formula is C21H26F3N5O3. The Labute approximate surface area is 183 Å². The maximum Gasteiger partial charge on any atom is 0.416 e. The molecule has 0 saturated carbocycles. The van der Waals surface area contributed by atoms with E-state index in [0.29, 0.717) is 11.4 Å². The topological polar surface area (TPSA) is 90.7 Å². The van der Waals surface area contributed by atoms with Crippen LogP contribution in [0.5, 0.6) is 0 Å². The Bertz CT molecular complexity index is 954. The average Bonchev–Trinajstić information content (AvgIpc) is 3.12. The van der Waals surface area contributed by atoms with Crippen LogP contribution in [0.25, 0.3) is 0 Å². The van der Waals surface area contributed by atoms with Crippen LogP contribution < -0.4 is 15.5 Å². The van der Waals surface area contributed by atoms with Crippen LogP contribution in [0.2, 0.25) is 0 Å². The van der Waals surface area contributed by atoms with E-state index >= 15 is 0 Å². The van der Waals surface area contributed by atoms with E-state index in [9.17, 15) is 22.8 Å². The van der Waals surface area contributed by atoms with Crippen molar-refractivity contribution in [3.8, 4) is 0 Å². The van der Waals surface area contributed by atoms with Gasteiger partial charge >= 0.3 is 6.18 Å². The van der Waals surface area contributed by atoms with Gasteiger partial charge in [-0.2, -0.15) is 13.2 Å². The number of anilines is 3. The van der Waals surface area contributed by atoms with E-state index in [2.05, 4.69) is 15.8 Å². The van der Waals surface area contributed by atoms with Crippen LogP contribution in [-0.2, 0) is 15.8 Å². The maximum absolute atomic E-state index is 13.2. The minimum atomic E-state index is -4.52. The molecule has 174 valence electrons. The number of rotatable bonds is 7. The predicted molar refractivity (Wildman–Crippen MR) is 114 cm³/mol. The standard InChI is InChI=1S/C21H26F3N5O3/c1-14-10-18(27-32-14)26-20(31)13-28(2)12-19(30)25-16-11-15(21(22,23)24)6-7-17(16)29-8-4-3-5-9-29/h6-7,10-11H,3-5,8-9,12-13H2,1-2H3,(H,25,30)(H,26,27,31). The van der Waals surface area contributed by atoms with Gasteiger partial charge in [-0.1, -0.05) is 5.16 Å². The van der Waals surface area contributed by atoms with E-state index in [0.717, 1.165) is 44.5 Å². The number of piperidine rings is 1. The SMILES string of the molecule is Cc1cc(NC(=O)CN(C)CC(=O)Nc2cc(C(F)(F)F)ccc2N2CCCCC2)no1. The van der Waals surface area contributed by atoms with Crippen molar-refractivity contribution in [1.82, 2.24) is 10.1 Å². The number of benzene rings is 1. The predicted octanol–water partition coefficient (Wildman–Crippen LogP) is 3.50. The summed E-state index contributed by atoms with van der Waals surface area (Å²) < 4.78 is 44.5. The number of halogens is 3. The third-order valence-electron chi connectivity index (χ3n) is 5.02. The first-order chi connectivity index (χ1) is 15.1. The minimum absolute atomic E-state index is 0.110. The van der Waals surface area contributed by atoms with Gasteiger partial charge in [-0.15, -0.1) is 0 Å². The molecule has 32 heavy (non-hydrogen) atoms. The largest absolute Gasteiger partial charge is 0.416 e. The summed E-state index contributed by atoms with van der Waals surface area (Å²) in [6, 6.07) is 4.95. The van der Waals surface area contributed by atoms with E-state index in [1.807, 2.05) is 4.90 Å². The highest BCUT2D eigenvalue weighted by atomic mass is 19.4. The molecule has 8 nitrogen and oxygen atoms in total. The van der Waals surface area contributed by atoms with Crippen molar-refractivity contribution in [3.63, 3.8) is 0 Å². The van der Waals surface area contributed by atoms with Crippen molar-refractivity contribution >= 4 is 29.0 Å². The summed E-state index contributed by atoms with van der Waals surface area (Å²) in [5, 5.41) is 8.80. The van der Waals surface area contributed by atoms with Crippen molar-refractivity contribution in [2.45, 2.75) is 32.4 Å². The highest BCUT2D eigenvalue weighted by Gasteiger charge is 2.32. The van der Waals surface area contributed by atoms with Crippen molar-refractivity contribution in [2.24, 2.45) is 0 Å². The Balaban J connectivity index is 1.64. The number of likely N-dealkylation sites (N-methyl/N-ethyl adjacent to an activating group) is 1. The maximum atomic E-state index is 13.2. The van der Waals surface area contributed by atoms with Gasteiger partial charge in [-0.05, 0) is 51.4 Å². The molecule has 1 aliphatic heterocycles. The molecule has 1 aliphatic rings. The van der Waals surface area contributed by atoms with Gasteiger partial charge in [0.05, 0.1) is 30.0 Å². The highest BCUT2D eigenvalue weighted by molar-refractivity contribution is 5.96. The van der Waals surface area contributed by atoms with Crippen LogP contribution in [0.1, 0.15) is 30.6 Å². The fraction of sp³-hybridized carbons (Fsp3) is 0.476. The minimum Gasteiger partial charge on any atom is -0.370 e. The number of hydrogen-bond donors (Lipinski definition) is 2. The molecule has 1 saturated heterocycles. The molecule has 2 amide bonds. The van der Waals surface area contributed by atoms with Gasteiger partial charge in [0.1, 0.15) is 5.76 Å². The lowest BCUT2D eigenvalue weighted by Gasteiger charge is -2.31. The molecular weight excluding hydrogens is 427 g/mol. The van der Waals surface area contributed by atoms with Gasteiger partial charge in [0, 0.05) is 19.2 Å². The summed E-state index contributed by atoms with van der Waals surface area (Å²) in [5.41, 5.74) is -0.153. The van der Waals surface area contributed by atoms with Gasteiger partial charge < -0.3 is 20.1 Å². The summed E-state index contributed by atoms with van der Waals surface area (Å²) in [6.45, 7) is 2.83. The molecule has 1 aromatic heterocycles. The first-order valence-corrected chi connectivity index (χ1v) is 10.3. The normalized spacial score (nSPS) is 14.5. The lowest BCUT2D eigenvalue weighted by atomic mass is 10.1. The Morgan fingerprint density at radius 2 is 1.75 bits per heavy atom. The number of aryl methyl sites for hydroxylation is 1.